The smallest absolute Gasteiger partial charge is 0.409 e. The lowest BCUT2D eigenvalue weighted by Crippen LogP contribution is -2.45. The number of aromatic nitrogens is 2. The summed E-state index contributed by atoms with van der Waals surface area (Å²) in [4.78, 5) is 13.4. The third-order valence-electron chi connectivity index (χ3n) is 3.83. The van der Waals surface area contributed by atoms with Crippen LogP contribution in [0.15, 0.2) is 12.3 Å². The van der Waals surface area contributed by atoms with Gasteiger partial charge in [-0.25, -0.2) is 4.79 Å². The fourth-order valence-electron chi connectivity index (χ4n) is 2.65. The van der Waals surface area contributed by atoms with Gasteiger partial charge in [-0.05, 0) is 32.3 Å². The van der Waals surface area contributed by atoms with Crippen LogP contribution < -0.4 is 5.32 Å². The predicted octanol–water partition coefficient (Wildman–Crippen LogP) is 2.00. The molecule has 0 bridgehead atoms. The molecular weight excluding hydrogens is 268 g/mol. The Bertz CT molecular complexity index is 439. The lowest BCUT2D eigenvalue weighted by atomic mass is 10.1. The molecule has 1 aliphatic rings. The molecule has 0 aromatic carbocycles. The zero-order valence-electron chi connectivity index (χ0n) is 13.0. The first-order chi connectivity index (χ1) is 10.2. The Kier molecular flexibility index (Phi) is 6.04. The van der Waals surface area contributed by atoms with Gasteiger partial charge in [0.25, 0.3) is 0 Å². The molecule has 0 atom stereocenters. The summed E-state index contributed by atoms with van der Waals surface area (Å²) < 4.78 is 7.09. The van der Waals surface area contributed by atoms with Gasteiger partial charge in [0.2, 0.25) is 0 Å². The second kappa shape index (κ2) is 8.02. The number of amides is 1. The van der Waals surface area contributed by atoms with E-state index in [9.17, 15) is 4.79 Å². The molecule has 1 saturated heterocycles. The molecule has 2 heterocycles. The molecule has 1 aromatic heterocycles. The van der Waals surface area contributed by atoms with E-state index in [1.54, 1.807) is 4.90 Å². The first-order valence-corrected chi connectivity index (χ1v) is 7.90. The molecule has 0 saturated carbocycles. The van der Waals surface area contributed by atoms with E-state index in [-0.39, 0.29) is 6.09 Å². The Morgan fingerprint density at radius 1 is 1.43 bits per heavy atom. The van der Waals surface area contributed by atoms with Crippen LogP contribution in [0, 0.1) is 0 Å². The van der Waals surface area contributed by atoms with Gasteiger partial charge >= 0.3 is 6.09 Å². The van der Waals surface area contributed by atoms with E-state index in [4.69, 9.17) is 4.74 Å². The quantitative estimate of drug-likeness (QED) is 0.872. The third-order valence-corrected chi connectivity index (χ3v) is 3.83. The summed E-state index contributed by atoms with van der Waals surface area (Å²) in [5.74, 6) is 0. The van der Waals surface area contributed by atoms with Gasteiger partial charge in [-0.2, -0.15) is 5.10 Å². The Morgan fingerprint density at radius 2 is 2.19 bits per heavy atom. The van der Waals surface area contributed by atoms with Gasteiger partial charge in [0, 0.05) is 38.4 Å². The highest BCUT2D eigenvalue weighted by molar-refractivity contribution is 5.67. The van der Waals surface area contributed by atoms with Crippen LogP contribution in [0.2, 0.25) is 0 Å². The summed E-state index contributed by atoms with van der Waals surface area (Å²) in [6.07, 6.45) is 4.71. The molecule has 1 N–H and O–H groups in total. The number of nitrogens with zero attached hydrogens (tertiary/aromatic N) is 3. The fraction of sp³-hybridized carbons (Fsp3) is 0.733. The van der Waals surface area contributed by atoms with Gasteiger partial charge in [0.15, 0.2) is 0 Å². The highest BCUT2D eigenvalue weighted by Gasteiger charge is 2.23. The number of piperidine rings is 1. The number of hydrogen-bond acceptors (Lipinski definition) is 4. The first kappa shape index (κ1) is 15.8. The molecule has 1 aromatic rings. The highest BCUT2D eigenvalue weighted by atomic mass is 16.6. The number of likely N-dealkylation sites (tertiary alicyclic amines) is 1. The maximum Gasteiger partial charge on any atom is 0.409 e. The van der Waals surface area contributed by atoms with Crippen LogP contribution >= 0.6 is 0 Å². The van der Waals surface area contributed by atoms with Crippen LogP contribution in [0.25, 0.3) is 0 Å². The normalized spacial score (nSPS) is 16.2. The molecule has 1 amide bonds. The van der Waals surface area contributed by atoms with E-state index in [1.807, 2.05) is 13.1 Å². The van der Waals surface area contributed by atoms with Gasteiger partial charge in [0.1, 0.15) is 0 Å². The van der Waals surface area contributed by atoms with E-state index in [1.165, 1.54) is 5.69 Å². The monoisotopic (exact) mass is 294 g/mol. The molecule has 6 nitrogen and oxygen atoms in total. The Balaban J connectivity index is 1.73. The molecule has 1 aliphatic heterocycles. The summed E-state index contributed by atoms with van der Waals surface area (Å²) in [6.45, 7) is 7.78. The van der Waals surface area contributed by atoms with Crippen LogP contribution in [0.5, 0.6) is 0 Å². The summed E-state index contributed by atoms with van der Waals surface area (Å²) >= 11 is 0. The van der Waals surface area contributed by atoms with Crippen molar-refractivity contribution in [3.63, 3.8) is 0 Å². The summed E-state index contributed by atoms with van der Waals surface area (Å²) in [5, 5.41) is 7.91. The van der Waals surface area contributed by atoms with E-state index in [0.717, 1.165) is 45.4 Å². The number of ether oxygens (including phenoxy) is 1. The number of rotatable bonds is 6. The number of nitrogens with one attached hydrogen (secondary N) is 1. The average Bonchev–Trinajstić information content (AvgIpc) is 2.94. The minimum atomic E-state index is -0.183. The first-order valence-electron chi connectivity index (χ1n) is 7.90. The molecular formula is C15H26N4O2. The van der Waals surface area contributed by atoms with Crippen molar-refractivity contribution in [3.8, 4) is 0 Å². The third kappa shape index (κ3) is 4.46. The van der Waals surface area contributed by atoms with Crippen LogP contribution in [0.1, 0.15) is 38.8 Å². The number of carbonyl (C=O) groups excluding carboxylic acids is 1. The second-order valence-electron chi connectivity index (χ2n) is 5.39. The lowest BCUT2D eigenvalue weighted by molar-refractivity contribution is 0.0949. The van der Waals surface area contributed by atoms with Gasteiger partial charge in [-0.15, -0.1) is 0 Å². The molecule has 2 rings (SSSR count). The van der Waals surface area contributed by atoms with Gasteiger partial charge in [-0.3, -0.25) is 4.68 Å². The maximum atomic E-state index is 11.6. The minimum absolute atomic E-state index is 0.183. The molecule has 21 heavy (non-hydrogen) atoms. The Labute approximate surface area is 126 Å². The second-order valence-corrected chi connectivity index (χ2v) is 5.39. The van der Waals surface area contributed by atoms with Crippen LogP contribution in [-0.4, -0.2) is 46.5 Å². The van der Waals surface area contributed by atoms with E-state index < -0.39 is 0 Å². The van der Waals surface area contributed by atoms with Crippen molar-refractivity contribution in [2.24, 2.45) is 0 Å². The van der Waals surface area contributed by atoms with Crippen LogP contribution in [-0.2, 0) is 17.8 Å². The van der Waals surface area contributed by atoms with E-state index in [2.05, 4.69) is 28.1 Å². The van der Waals surface area contributed by atoms with Crippen molar-refractivity contribution in [3.05, 3.63) is 18.0 Å². The maximum absolute atomic E-state index is 11.6. The number of carbonyl (C=O) groups is 1. The average molecular weight is 294 g/mol. The van der Waals surface area contributed by atoms with Gasteiger partial charge in [0.05, 0.1) is 12.3 Å². The summed E-state index contributed by atoms with van der Waals surface area (Å²) in [6, 6.07) is 2.52. The van der Waals surface area contributed by atoms with Crippen molar-refractivity contribution in [2.75, 3.05) is 19.7 Å². The number of hydrogen-bond donors (Lipinski definition) is 1. The predicted molar refractivity (Wildman–Crippen MR) is 81.0 cm³/mol. The molecule has 1 fully saturated rings. The van der Waals surface area contributed by atoms with Crippen molar-refractivity contribution >= 4 is 6.09 Å². The molecule has 0 aliphatic carbocycles. The topological polar surface area (TPSA) is 59.4 Å². The molecule has 0 unspecified atom stereocenters. The largest absolute Gasteiger partial charge is 0.450 e. The highest BCUT2D eigenvalue weighted by Crippen LogP contribution is 2.12. The zero-order valence-corrected chi connectivity index (χ0v) is 13.0. The van der Waals surface area contributed by atoms with Crippen molar-refractivity contribution < 1.29 is 9.53 Å². The van der Waals surface area contributed by atoms with E-state index in [0.29, 0.717) is 12.6 Å². The Morgan fingerprint density at radius 3 is 2.86 bits per heavy atom. The summed E-state index contributed by atoms with van der Waals surface area (Å²) in [7, 11) is 0. The standard InChI is InChI=1S/C15H26N4O2/c1-3-9-19-14(5-8-17-19)12-16-13-6-10-18(11-7-13)15(20)21-4-2/h5,8,13,16H,3-4,6-7,9-12H2,1-2H3. The number of aryl methyl sites for hydroxylation is 1. The van der Waals surface area contributed by atoms with Crippen LogP contribution in [0.3, 0.4) is 0 Å². The SMILES string of the molecule is CCCn1nccc1CNC1CCN(C(=O)OCC)CC1. The molecule has 6 heteroatoms. The lowest BCUT2D eigenvalue weighted by Gasteiger charge is -2.31. The van der Waals surface area contributed by atoms with Crippen molar-refractivity contribution in [1.29, 1.82) is 0 Å². The summed E-state index contributed by atoms with van der Waals surface area (Å²) in [5.41, 5.74) is 1.23. The molecule has 0 radical (unpaired) electrons. The molecule has 118 valence electrons. The van der Waals surface area contributed by atoms with Crippen LogP contribution in [0.4, 0.5) is 4.79 Å². The van der Waals surface area contributed by atoms with Crippen molar-refractivity contribution in [2.45, 2.75) is 52.2 Å². The van der Waals surface area contributed by atoms with Gasteiger partial charge in [-0.1, -0.05) is 6.92 Å². The zero-order chi connectivity index (χ0) is 15.1. The Hall–Kier alpha value is -1.56. The van der Waals surface area contributed by atoms with Gasteiger partial charge < -0.3 is 15.0 Å². The fourth-order valence-corrected chi connectivity index (χ4v) is 2.65. The molecule has 0 spiro atoms. The van der Waals surface area contributed by atoms with Crippen molar-refractivity contribution in [1.82, 2.24) is 20.0 Å². The minimum Gasteiger partial charge on any atom is -0.450 e. The van der Waals surface area contributed by atoms with E-state index >= 15 is 0 Å².